The Hall–Kier alpha value is -2.18. The van der Waals surface area contributed by atoms with E-state index >= 15 is 0 Å². The van der Waals surface area contributed by atoms with Gasteiger partial charge in [0.2, 0.25) is 5.91 Å². The van der Waals surface area contributed by atoms with Crippen LogP contribution < -0.4 is 10.9 Å². The Bertz CT molecular complexity index is 721. The van der Waals surface area contributed by atoms with Crippen LogP contribution in [0.15, 0.2) is 11.0 Å². The van der Waals surface area contributed by atoms with Crippen molar-refractivity contribution in [3.63, 3.8) is 0 Å². The zero-order valence-corrected chi connectivity index (χ0v) is 12.4. The summed E-state index contributed by atoms with van der Waals surface area (Å²) in [5.41, 5.74) is 0.536. The van der Waals surface area contributed by atoms with Gasteiger partial charge in [-0.1, -0.05) is 0 Å². The molecular formula is C13H19N5O2. The molecule has 0 aliphatic rings. The SMILES string of the molecule is CNC(=O)Cn1nc(C)c2cnn(C(C)(C)C)c2c1=O. The second-order valence-corrected chi connectivity index (χ2v) is 5.71. The van der Waals surface area contributed by atoms with Gasteiger partial charge in [0.15, 0.2) is 0 Å². The van der Waals surface area contributed by atoms with Crippen LogP contribution in [0.3, 0.4) is 0 Å². The van der Waals surface area contributed by atoms with Gasteiger partial charge in [-0.15, -0.1) is 0 Å². The highest BCUT2D eigenvalue weighted by Gasteiger charge is 2.22. The number of carbonyl (C=O) groups excluding carboxylic acids is 1. The summed E-state index contributed by atoms with van der Waals surface area (Å²) in [6.45, 7) is 7.62. The van der Waals surface area contributed by atoms with Crippen molar-refractivity contribution in [2.75, 3.05) is 7.05 Å². The Kier molecular flexibility index (Phi) is 3.37. The number of hydrogen-bond acceptors (Lipinski definition) is 4. The molecule has 2 aromatic rings. The molecule has 0 aromatic carbocycles. The maximum atomic E-state index is 12.5. The normalized spacial score (nSPS) is 11.8. The van der Waals surface area contributed by atoms with E-state index in [1.807, 2.05) is 20.8 Å². The first kappa shape index (κ1) is 14.2. The molecule has 0 fully saturated rings. The van der Waals surface area contributed by atoms with E-state index in [0.29, 0.717) is 11.2 Å². The third-order valence-corrected chi connectivity index (χ3v) is 3.07. The van der Waals surface area contributed by atoms with Crippen LogP contribution in [0, 0.1) is 6.92 Å². The van der Waals surface area contributed by atoms with Gasteiger partial charge in [0.1, 0.15) is 12.1 Å². The zero-order valence-electron chi connectivity index (χ0n) is 12.4. The van der Waals surface area contributed by atoms with Crippen molar-refractivity contribution >= 4 is 16.8 Å². The topological polar surface area (TPSA) is 81.8 Å². The Labute approximate surface area is 116 Å². The number of amides is 1. The van der Waals surface area contributed by atoms with E-state index in [2.05, 4.69) is 15.5 Å². The molecule has 2 aromatic heterocycles. The lowest BCUT2D eigenvalue weighted by Crippen LogP contribution is -2.34. The summed E-state index contributed by atoms with van der Waals surface area (Å²) >= 11 is 0. The number of aryl methyl sites for hydroxylation is 1. The maximum absolute atomic E-state index is 12.5. The molecule has 1 amide bonds. The summed E-state index contributed by atoms with van der Waals surface area (Å²) in [4.78, 5) is 24.0. The molecule has 2 heterocycles. The fourth-order valence-corrected chi connectivity index (χ4v) is 2.05. The van der Waals surface area contributed by atoms with Crippen LogP contribution >= 0.6 is 0 Å². The first-order valence-corrected chi connectivity index (χ1v) is 6.42. The molecule has 0 saturated heterocycles. The van der Waals surface area contributed by atoms with Gasteiger partial charge in [0.05, 0.1) is 17.4 Å². The maximum Gasteiger partial charge on any atom is 0.293 e. The quantitative estimate of drug-likeness (QED) is 0.861. The number of aromatic nitrogens is 4. The molecule has 1 N–H and O–H groups in total. The van der Waals surface area contributed by atoms with Crippen molar-refractivity contribution in [1.29, 1.82) is 0 Å². The molecule has 2 rings (SSSR count). The van der Waals surface area contributed by atoms with Gasteiger partial charge in [-0.3, -0.25) is 14.3 Å². The largest absolute Gasteiger partial charge is 0.358 e. The van der Waals surface area contributed by atoms with E-state index in [9.17, 15) is 9.59 Å². The molecule has 0 bridgehead atoms. The van der Waals surface area contributed by atoms with E-state index < -0.39 is 0 Å². The lowest BCUT2D eigenvalue weighted by molar-refractivity contribution is -0.121. The van der Waals surface area contributed by atoms with Crippen LogP contribution in [0.5, 0.6) is 0 Å². The van der Waals surface area contributed by atoms with E-state index in [1.54, 1.807) is 17.8 Å². The molecular weight excluding hydrogens is 258 g/mol. The highest BCUT2D eigenvalue weighted by atomic mass is 16.2. The van der Waals surface area contributed by atoms with E-state index in [1.165, 1.54) is 11.7 Å². The number of carbonyl (C=O) groups is 1. The third kappa shape index (κ3) is 2.31. The van der Waals surface area contributed by atoms with E-state index in [4.69, 9.17) is 0 Å². The Morgan fingerprint density at radius 1 is 1.40 bits per heavy atom. The van der Waals surface area contributed by atoms with Crippen molar-refractivity contribution in [2.24, 2.45) is 0 Å². The molecule has 7 heteroatoms. The summed E-state index contributed by atoms with van der Waals surface area (Å²) in [7, 11) is 1.53. The molecule has 20 heavy (non-hydrogen) atoms. The molecule has 0 aliphatic carbocycles. The van der Waals surface area contributed by atoms with E-state index in [-0.39, 0.29) is 23.6 Å². The summed E-state index contributed by atoms with van der Waals surface area (Å²) in [5, 5.41) is 11.7. The molecule has 108 valence electrons. The Morgan fingerprint density at radius 2 is 2.05 bits per heavy atom. The van der Waals surface area contributed by atoms with Crippen molar-refractivity contribution < 1.29 is 4.79 Å². The second-order valence-electron chi connectivity index (χ2n) is 5.71. The predicted octanol–water partition coefficient (Wildman–Crippen LogP) is 0.402. The molecule has 0 spiro atoms. The number of fused-ring (bicyclic) bond motifs is 1. The molecule has 0 atom stereocenters. The molecule has 7 nitrogen and oxygen atoms in total. The van der Waals surface area contributed by atoms with Gasteiger partial charge < -0.3 is 5.32 Å². The highest BCUT2D eigenvalue weighted by molar-refractivity contribution is 5.80. The standard InChI is InChI=1S/C13H19N5O2/c1-8-9-6-15-18(13(2,3)4)11(9)12(20)17(16-8)7-10(19)14-5/h6H,7H2,1-5H3,(H,14,19). The van der Waals surface area contributed by atoms with Gasteiger partial charge in [0, 0.05) is 12.4 Å². The molecule has 0 aliphatic heterocycles. The van der Waals surface area contributed by atoms with E-state index in [0.717, 1.165) is 5.39 Å². The Balaban J connectivity index is 2.73. The van der Waals surface area contributed by atoms with Crippen LogP contribution in [-0.4, -0.2) is 32.5 Å². The fraction of sp³-hybridized carbons (Fsp3) is 0.538. The molecule has 0 saturated carbocycles. The Morgan fingerprint density at radius 3 is 2.60 bits per heavy atom. The first-order valence-electron chi connectivity index (χ1n) is 6.42. The molecule has 0 radical (unpaired) electrons. The van der Waals surface area contributed by atoms with Crippen molar-refractivity contribution in [3.8, 4) is 0 Å². The van der Waals surface area contributed by atoms with Crippen LogP contribution in [0.2, 0.25) is 0 Å². The van der Waals surface area contributed by atoms with Crippen LogP contribution in [-0.2, 0) is 16.9 Å². The van der Waals surface area contributed by atoms with Gasteiger partial charge in [-0.25, -0.2) is 4.68 Å². The number of hydrogen-bond donors (Lipinski definition) is 1. The summed E-state index contributed by atoms with van der Waals surface area (Å²) in [6, 6.07) is 0. The summed E-state index contributed by atoms with van der Waals surface area (Å²) in [6.07, 6.45) is 1.65. The third-order valence-electron chi connectivity index (χ3n) is 3.07. The van der Waals surface area contributed by atoms with Gasteiger partial charge in [0.25, 0.3) is 5.56 Å². The van der Waals surface area contributed by atoms with Crippen LogP contribution in [0.4, 0.5) is 0 Å². The lowest BCUT2D eigenvalue weighted by Gasteiger charge is -2.20. The minimum Gasteiger partial charge on any atom is -0.358 e. The van der Waals surface area contributed by atoms with Crippen molar-refractivity contribution in [3.05, 3.63) is 22.2 Å². The second kappa shape index (κ2) is 4.73. The van der Waals surface area contributed by atoms with Gasteiger partial charge in [-0.05, 0) is 27.7 Å². The number of nitrogens with zero attached hydrogens (tertiary/aromatic N) is 4. The molecule has 0 unspecified atom stereocenters. The van der Waals surface area contributed by atoms with Crippen molar-refractivity contribution in [2.45, 2.75) is 39.8 Å². The lowest BCUT2D eigenvalue weighted by atomic mass is 10.1. The minimum absolute atomic E-state index is 0.0958. The first-order chi connectivity index (χ1) is 9.25. The van der Waals surface area contributed by atoms with Gasteiger partial charge >= 0.3 is 0 Å². The fourth-order valence-electron chi connectivity index (χ4n) is 2.05. The summed E-state index contributed by atoms with van der Waals surface area (Å²) < 4.78 is 2.86. The highest BCUT2D eigenvalue weighted by Crippen LogP contribution is 2.20. The predicted molar refractivity (Wildman–Crippen MR) is 75.6 cm³/mol. The average Bonchev–Trinajstić information content (AvgIpc) is 2.80. The van der Waals surface area contributed by atoms with Crippen LogP contribution in [0.1, 0.15) is 26.5 Å². The number of nitrogens with one attached hydrogen (secondary N) is 1. The monoisotopic (exact) mass is 277 g/mol. The number of likely N-dealkylation sites (N-methyl/N-ethyl adjacent to an activating group) is 1. The summed E-state index contributed by atoms with van der Waals surface area (Å²) in [5.74, 6) is -0.264. The van der Waals surface area contributed by atoms with Crippen molar-refractivity contribution in [1.82, 2.24) is 24.9 Å². The number of rotatable bonds is 2. The van der Waals surface area contributed by atoms with Crippen LogP contribution in [0.25, 0.3) is 10.9 Å². The average molecular weight is 277 g/mol. The minimum atomic E-state index is -0.320. The zero-order chi connectivity index (χ0) is 15.1. The smallest absolute Gasteiger partial charge is 0.293 e. The van der Waals surface area contributed by atoms with Gasteiger partial charge in [-0.2, -0.15) is 10.2 Å².